The molecule has 0 fully saturated rings. The second-order valence-electron chi connectivity index (χ2n) is 4.62. The van der Waals surface area contributed by atoms with Gasteiger partial charge in [0.15, 0.2) is 0 Å². The monoisotopic (exact) mass is 309 g/mol. The van der Waals surface area contributed by atoms with Crippen molar-refractivity contribution in [1.82, 2.24) is 9.13 Å². The quantitative estimate of drug-likeness (QED) is 0.849. The lowest BCUT2D eigenvalue weighted by atomic mass is 10.1. The van der Waals surface area contributed by atoms with Gasteiger partial charge in [0.2, 0.25) is 0 Å². The summed E-state index contributed by atoms with van der Waals surface area (Å²) in [6.07, 6.45) is -3.01. The molecule has 1 aromatic carbocycles. The third kappa shape index (κ3) is 2.41. The highest BCUT2D eigenvalue weighted by molar-refractivity contribution is 5.46. The largest absolute Gasteiger partial charge is 0.335 e. The first-order valence-corrected chi connectivity index (χ1v) is 6.09. The third-order valence-corrected chi connectivity index (χ3v) is 3.24. The molecule has 0 atom stereocenters. The molecule has 0 aliphatic carbocycles. The molecule has 1 aromatic heterocycles. The summed E-state index contributed by atoms with van der Waals surface area (Å²) in [5.74, 6) is -0.967. The zero-order valence-corrected chi connectivity index (χ0v) is 11.6. The van der Waals surface area contributed by atoms with Gasteiger partial charge in [-0.2, -0.15) is 5.26 Å². The Balaban J connectivity index is 2.84. The predicted octanol–water partition coefficient (Wildman–Crippen LogP) is 1.79. The second kappa shape index (κ2) is 5.52. The molecule has 0 aliphatic heterocycles. The number of alkyl halides is 2. The van der Waals surface area contributed by atoms with Crippen LogP contribution in [0.4, 0.5) is 13.2 Å². The maximum atomic E-state index is 14.0. The molecule has 0 spiro atoms. The van der Waals surface area contributed by atoms with E-state index in [0.717, 1.165) is 19.2 Å². The molecular formula is C14H10F3N3O2. The van der Waals surface area contributed by atoms with E-state index in [-0.39, 0.29) is 11.3 Å². The van der Waals surface area contributed by atoms with E-state index in [0.29, 0.717) is 20.8 Å². The molecule has 0 amide bonds. The first kappa shape index (κ1) is 15.6. The van der Waals surface area contributed by atoms with E-state index >= 15 is 0 Å². The van der Waals surface area contributed by atoms with Gasteiger partial charge >= 0.3 is 5.69 Å². The van der Waals surface area contributed by atoms with Crippen LogP contribution >= 0.6 is 0 Å². The third-order valence-electron chi connectivity index (χ3n) is 3.24. The van der Waals surface area contributed by atoms with Gasteiger partial charge in [0, 0.05) is 13.1 Å². The Morgan fingerprint density at radius 1 is 1.23 bits per heavy atom. The fraction of sp³-hybridized carbons (Fsp3) is 0.214. The SMILES string of the molecule is Cc1cc(-n2c(=O)cc(C(F)F)n(C)c2=O)c(F)cc1C#N. The number of rotatable bonds is 2. The molecule has 2 aromatic rings. The van der Waals surface area contributed by atoms with Gasteiger partial charge in [-0.15, -0.1) is 0 Å². The number of nitrogens with zero attached hydrogens (tertiary/aromatic N) is 3. The highest BCUT2D eigenvalue weighted by atomic mass is 19.3. The minimum absolute atomic E-state index is 0.0512. The van der Waals surface area contributed by atoms with Crippen molar-refractivity contribution in [1.29, 1.82) is 5.26 Å². The maximum Gasteiger partial charge on any atom is 0.335 e. The Bertz CT molecular complexity index is 907. The van der Waals surface area contributed by atoms with Crippen LogP contribution in [-0.4, -0.2) is 9.13 Å². The van der Waals surface area contributed by atoms with Crippen LogP contribution in [0.15, 0.2) is 27.8 Å². The Morgan fingerprint density at radius 2 is 1.86 bits per heavy atom. The number of aryl methyl sites for hydroxylation is 1. The Kier molecular flexibility index (Phi) is 3.91. The summed E-state index contributed by atoms with van der Waals surface area (Å²) in [6.45, 7) is 1.50. The first-order chi connectivity index (χ1) is 10.3. The Labute approximate surface area is 122 Å². The van der Waals surface area contributed by atoms with E-state index in [4.69, 9.17) is 5.26 Å². The van der Waals surface area contributed by atoms with Crippen LogP contribution in [0.2, 0.25) is 0 Å². The van der Waals surface area contributed by atoms with Crippen molar-refractivity contribution in [2.75, 3.05) is 0 Å². The lowest BCUT2D eigenvalue weighted by molar-refractivity contribution is 0.140. The smallest absolute Gasteiger partial charge is 0.295 e. The summed E-state index contributed by atoms with van der Waals surface area (Å²) in [7, 11) is 1.06. The van der Waals surface area contributed by atoms with Crippen LogP contribution in [0.3, 0.4) is 0 Å². The van der Waals surface area contributed by atoms with Gasteiger partial charge < -0.3 is 0 Å². The fourth-order valence-electron chi connectivity index (χ4n) is 2.03. The normalized spacial score (nSPS) is 10.8. The predicted molar refractivity (Wildman–Crippen MR) is 71.6 cm³/mol. The molecular weight excluding hydrogens is 299 g/mol. The number of nitriles is 1. The molecule has 0 unspecified atom stereocenters. The van der Waals surface area contributed by atoms with Crippen LogP contribution in [0.5, 0.6) is 0 Å². The zero-order chi connectivity index (χ0) is 16.6. The fourth-order valence-corrected chi connectivity index (χ4v) is 2.03. The maximum absolute atomic E-state index is 14.0. The standard InChI is InChI=1S/C14H10F3N3O2/c1-7-3-10(9(15)4-8(7)6-18)20-12(21)5-11(13(16)17)19(2)14(20)22/h3-5,13H,1-2H3. The number of hydrogen-bond acceptors (Lipinski definition) is 3. The molecule has 2 rings (SSSR count). The van der Waals surface area contributed by atoms with Crippen molar-refractivity contribution >= 4 is 0 Å². The lowest BCUT2D eigenvalue weighted by Gasteiger charge is -2.12. The van der Waals surface area contributed by atoms with E-state index in [1.165, 1.54) is 6.92 Å². The molecule has 0 saturated heterocycles. The molecule has 0 bridgehead atoms. The number of aromatic nitrogens is 2. The van der Waals surface area contributed by atoms with Gasteiger partial charge in [-0.05, 0) is 24.6 Å². The van der Waals surface area contributed by atoms with E-state index in [1.807, 2.05) is 0 Å². The molecule has 1 heterocycles. The minimum atomic E-state index is -3.01. The van der Waals surface area contributed by atoms with Gasteiger partial charge in [-0.25, -0.2) is 22.5 Å². The van der Waals surface area contributed by atoms with Crippen LogP contribution in [0.1, 0.15) is 23.2 Å². The zero-order valence-electron chi connectivity index (χ0n) is 11.6. The highest BCUT2D eigenvalue weighted by Gasteiger charge is 2.19. The summed E-state index contributed by atoms with van der Waals surface area (Å²) < 4.78 is 40.6. The van der Waals surface area contributed by atoms with Crippen molar-refractivity contribution in [3.05, 3.63) is 61.7 Å². The summed E-state index contributed by atoms with van der Waals surface area (Å²) in [4.78, 5) is 24.0. The molecule has 0 N–H and O–H groups in total. The van der Waals surface area contributed by atoms with E-state index in [1.54, 1.807) is 6.07 Å². The topological polar surface area (TPSA) is 67.8 Å². The van der Waals surface area contributed by atoms with E-state index in [2.05, 4.69) is 0 Å². The Hall–Kier alpha value is -2.82. The molecule has 8 heteroatoms. The summed E-state index contributed by atoms with van der Waals surface area (Å²) in [5.41, 5.74) is -2.90. The molecule has 5 nitrogen and oxygen atoms in total. The number of benzene rings is 1. The molecule has 22 heavy (non-hydrogen) atoms. The lowest BCUT2D eigenvalue weighted by Crippen LogP contribution is -2.39. The average molecular weight is 309 g/mol. The molecule has 114 valence electrons. The highest BCUT2D eigenvalue weighted by Crippen LogP contribution is 2.18. The van der Waals surface area contributed by atoms with Gasteiger partial charge in [-0.1, -0.05) is 0 Å². The van der Waals surface area contributed by atoms with E-state index < -0.39 is 29.2 Å². The first-order valence-electron chi connectivity index (χ1n) is 6.09. The summed E-state index contributed by atoms with van der Waals surface area (Å²) >= 11 is 0. The summed E-state index contributed by atoms with van der Waals surface area (Å²) in [5, 5.41) is 8.82. The van der Waals surface area contributed by atoms with Crippen LogP contribution in [0, 0.1) is 24.1 Å². The van der Waals surface area contributed by atoms with Gasteiger partial charge in [-0.3, -0.25) is 9.36 Å². The Morgan fingerprint density at radius 3 is 2.41 bits per heavy atom. The second-order valence-corrected chi connectivity index (χ2v) is 4.62. The van der Waals surface area contributed by atoms with Crippen LogP contribution < -0.4 is 11.2 Å². The number of hydrogen-bond donors (Lipinski definition) is 0. The molecule has 0 radical (unpaired) electrons. The van der Waals surface area contributed by atoms with Gasteiger partial charge in [0.25, 0.3) is 12.0 Å². The van der Waals surface area contributed by atoms with E-state index in [9.17, 15) is 22.8 Å². The van der Waals surface area contributed by atoms with Crippen molar-refractivity contribution in [3.8, 4) is 11.8 Å². The van der Waals surface area contributed by atoms with Crippen LogP contribution in [-0.2, 0) is 7.05 Å². The molecule has 0 saturated carbocycles. The minimum Gasteiger partial charge on any atom is -0.295 e. The average Bonchev–Trinajstić information content (AvgIpc) is 2.45. The van der Waals surface area contributed by atoms with Crippen molar-refractivity contribution in [3.63, 3.8) is 0 Å². The van der Waals surface area contributed by atoms with Crippen LogP contribution in [0.25, 0.3) is 5.69 Å². The molecule has 0 aliphatic rings. The number of halogens is 3. The van der Waals surface area contributed by atoms with Gasteiger partial charge in [0.05, 0.1) is 23.0 Å². The van der Waals surface area contributed by atoms with Gasteiger partial charge in [0.1, 0.15) is 5.82 Å². The van der Waals surface area contributed by atoms with Crippen molar-refractivity contribution in [2.24, 2.45) is 7.05 Å². The van der Waals surface area contributed by atoms with Crippen molar-refractivity contribution < 1.29 is 13.2 Å². The summed E-state index contributed by atoms with van der Waals surface area (Å²) in [6, 6.07) is 4.39. The van der Waals surface area contributed by atoms with Crippen molar-refractivity contribution in [2.45, 2.75) is 13.3 Å².